The Labute approximate surface area is 133 Å². The zero-order valence-electron chi connectivity index (χ0n) is 13.7. The van der Waals surface area contributed by atoms with Crippen molar-refractivity contribution in [2.75, 3.05) is 13.2 Å². The van der Waals surface area contributed by atoms with Crippen molar-refractivity contribution in [3.8, 4) is 0 Å². The number of carbonyl (C=O) groups excluding carboxylic acids is 2. The Morgan fingerprint density at radius 1 is 1.14 bits per heavy atom. The number of hydrogen-bond donors (Lipinski definition) is 1. The van der Waals surface area contributed by atoms with Crippen molar-refractivity contribution in [1.29, 1.82) is 0 Å². The second kappa shape index (κ2) is 10.2. The van der Waals surface area contributed by atoms with Crippen LogP contribution in [0.15, 0.2) is 12.7 Å². The zero-order chi connectivity index (χ0) is 16.3. The zero-order valence-corrected chi connectivity index (χ0v) is 13.7. The molecule has 126 valence electrons. The van der Waals surface area contributed by atoms with E-state index in [0.29, 0.717) is 19.4 Å². The highest BCUT2D eigenvalue weighted by molar-refractivity contribution is 5.86. The summed E-state index contributed by atoms with van der Waals surface area (Å²) in [7, 11) is 0. The van der Waals surface area contributed by atoms with Gasteiger partial charge in [-0.1, -0.05) is 58.1 Å². The molecule has 0 aromatic carbocycles. The van der Waals surface area contributed by atoms with Crippen molar-refractivity contribution >= 4 is 12.1 Å². The molecule has 1 rings (SSSR count). The van der Waals surface area contributed by atoms with Gasteiger partial charge in [-0.3, -0.25) is 0 Å². The molecule has 0 heterocycles. The van der Waals surface area contributed by atoms with E-state index >= 15 is 0 Å². The quantitative estimate of drug-likeness (QED) is 0.379. The molecule has 0 unspecified atom stereocenters. The fraction of sp³-hybridized carbons (Fsp3) is 0.765. The van der Waals surface area contributed by atoms with E-state index in [1.54, 1.807) is 0 Å². The highest BCUT2D eigenvalue weighted by Crippen LogP contribution is 2.31. The molecule has 0 aromatic rings. The lowest BCUT2D eigenvalue weighted by molar-refractivity contribution is -0.151. The molecule has 1 N–H and O–H groups in total. The standard InChI is InChI=1S/C17H29NO4/c1-3-5-6-7-10-14-21-15(19)17(11-8-9-12-17)18-16(20)22-13-4-2/h4H,2-3,5-14H2,1H3,(H,18,20). The average Bonchev–Trinajstić information content (AvgIpc) is 2.98. The summed E-state index contributed by atoms with van der Waals surface area (Å²) in [4.78, 5) is 24.1. The smallest absolute Gasteiger partial charge is 0.408 e. The summed E-state index contributed by atoms with van der Waals surface area (Å²) in [6.45, 7) is 6.22. The maximum atomic E-state index is 12.4. The van der Waals surface area contributed by atoms with Crippen LogP contribution in [0.2, 0.25) is 0 Å². The van der Waals surface area contributed by atoms with Crippen molar-refractivity contribution in [2.45, 2.75) is 70.3 Å². The molecule has 0 aromatic heterocycles. The molecule has 1 aliphatic carbocycles. The number of alkyl carbamates (subject to hydrolysis) is 1. The highest BCUT2D eigenvalue weighted by atomic mass is 16.6. The summed E-state index contributed by atoms with van der Waals surface area (Å²) in [6.07, 6.45) is 9.50. The second-order valence-electron chi connectivity index (χ2n) is 5.85. The Bertz CT molecular complexity index is 362. The lowest BCUT2D eigenvalue weighted by Crippen LogP contribution is -2.53. The maximum Gasteiger partial charge on any atom is 0.408 e. The van der Waals surface area contributed by atoms with E-state index < -0.39 is 11.6 Å². The van der Waals surface area contributed by atoms with Gasteiger partial charge in [0.15, 0.2) is 0 Å². The number of amides is 1. The number of hydrogen-bond acceptors (Lipinski definition) is 4. The summed E-state index contributed by atoms with van der Waals surface area (Å²) in [5.41, 5.74) is -0.901. The molecule has 1 amide bonds. The monoisotopic (exact) mass is 311 g/mol. The van der Waals surface area contributed by atoms with Gasteiger partial charge in [0.05, 0.1) is 6.61 Å². The fourth-order valence-corrected chi connectivity index (χ4v) is 2.73. The van der Waals surface area contributed by atoms with Crippen LogP contribution in [0.3, 0.4) is 0 Å². The van der Waals surface area contributed by atoms with Crippen LogP contribution >= 0.6 is 0 Å². The predicted molar refractivity (Wildman–Crippen MR) is 85.6 cm³/mol. The maximum absolute atomic E-state index is 12.4. The molecule has 22 heavy (non-hydrogen) atoms. The molecule has 5 heteroatoms. The van der Waals surface area contributed by atoms with Crippen molar-refractivity contribution in [1.82, 2.24) is 5.32 Å². The van der Waals surface area contributed by atoms with Crippen molar-refractivity contribution in [2.24, 2.45) is 0 Å². The van der Waals surface area contributed by atoms with Crippen molar-refractivity contribution in [3.63, 3.8) is 0 Å². The number of nitrogens with one attached hydrogen (secondary N) is 1. The van der Waals surface area contributed by atoms with Gasteiger partial charge >= 0.3 is 12.1 Å². The van der Waals surface area contributed by atoms with Gasteiger partial charge in [0.2, 0.25) is 0 Å². The number of unbranched alkanes of at least 4 members (excludes halogenated alkanes) is 4. The van der Waals surface area contributed by atoms with Crippen LogP contribution in [0.25, 0.3) is 0 Å². The van der Waals surface area contributed by atoms with Crippen LogP contribution in [0.4, 0.5) is 4.79 Å². The van der Waals surface area contributed by atoms with E-state index in [9.17, 15) is 9.59 Å². The first-order chi connectivity index (χ1) is 10.6. The van der Waals surface area contributed by atoms with E-state index in [4.69, 9.17) is 9.47 Å². The summed E-state index contributed by atoms with van der Waals surface area (Å²) >= 11 is 0. The SMILES string of the molecule is C=CCOC(=O)NC1(C(=O)OCCCCCCC)CCCC1. The van der Waals surface area contributed by atoms with Crippen molar-refractivity contribution in [3.05, 3.63) is 12.7 Å². The first-order valence-corrected chi connectivity index (χ1v) is 8.37. The highest BCUT2D eigenvalue weighted by Gasteiger charge is 2.44. The molecular formula is C17H29NO4. The normalized spacial score (nSPS) is 16.0. The van der Waals surface area contributed by atoms with Gasteiger partial charge in [-0.15, -0.1) is 0 Å². The van der Waals surface area contributed by atoms with Gasteiger partial charge in [0.1, 0.15) is 12.1 Å². The molecule has 0 bridgehead atoms. The summed E-state index contributed by atoms with van der Waals surface area (Å²) in [5, 5.41) is 2.70. The Morgan fingerprint density at radius 3 is 2.45 bits per heavy atom. The molecular weight excluding hydrogens is 282 g/mol. The fourth-order valence-electron chi connectivity index (χ4n) is 2.73. The van der Waals surface area contributed by atoms with Gasteiger partial charge in [0.25, 0.3) is 0 Å². The van der Waals surface area contributed by atoms with Gasteiger partial charge < -0.3 is 14.8 Å². The molecule has 5 nitrogen and oxygen atoms in total. The Morgan fingerprint density at radius 2 is 1.82 bits per heavy atom. The first kappa shape index (κ1) is 18.5. The number of rotatable bonds is 10. The summed E-state index contributed by atoms with van der Waals surface area (Å²) < 4.78 is 10.3. The summed E-state index contributed by atoms with van der Waals surface area (Å²) in [6, 6.07) is 0. The van der Waals surface area contributed by atoms with Crippen LogP contribution in [-0.4, -0.2) is 30.8 Å². The third kappa shape index (κ3) is 6.08. The van der Waals surface area contributed by atoms with Gasteiger partial charge in [0, 0.05) is 0 Å². The van der Waals surface area contributed by atoms with Crippen LogP contribution in [0.1, 0.15) is 64.7 Å². The molecule has 0 radical (unpaired) electrons. The van der Waals surface area contributed by atoms with E-state index in [1.165, 1.54) is 25.3 Å². The minimum Gasteiger partial charge on any atom is -0.464 e. The molecule has 0 atom stereocenters. The number of esters is 1. The van der Waals surface area contributed by atoms with Crippen LogP contribution < -0.4 is 5.32 Å². The molecule has 0 spiro atoms. The number of ether oxygens (including phenoxy) is 2. The minimum atomic E-state index is -0.901. The Hall–Kier alpha value is -1.52. The molecule has 1 saturated carbocycles. The molecule has 1 fully saturated rings. The Kier molecular flexibility index (Phi) is 8.63. The lowest BCUT2D eigenvalue weighted by atomic mass is 9.98. The minimum absolute atomic E-state index is 0.133. The molecule has 0 aliphatic heterocycles. The topological polar surface area (TPSA) is 64.6 Å². The van der Waals surface area contributed by atoms with Crippen LogP contribution in [-0.2, 0) is 14.3 Å². The third-order valence-corrected chi connectivity index (χ3v) is 4.00. The summed E-state index contributed by atoms with van der Waals surface area (Å²) in [5.74, 6) is -0.323. The van der Waals surface area contributed by atoms with Crippen molar-refractivity contribution < 1.29 is 19.1 Å². The lowest BCUT2D eigenvalue weighted by Gasteiger charge is -2.27. The third-order valence-electron chi connectivity index (χ3n) is 4.00. The van der Waals surface area contributed by atoms with Gasteiger partial charge in [-0.25, -0.2) is 9.59 Å². The molecule has 0 saturated heterocycles. The predicted octanol–water partition coefficient (Wildman–Crippen LogP) is 3.73. The first-order valence-electron chi connectivity index (χ1n) is 8.37. The second-order valence-corrected chi connectivity index (χ2v) is 5.85. The number of carbonyl (C=O) groups is 2. The van der Waals surface area contributed by atoms with Gasteiger partial charge in [-0.05, 0) is 19.3 Å². The van der Waals surface area contributed by atoms with E-state index in [0.717, 1.165) is 25.7 Å². The van der Waals surface area contributed by atoms with E-state index in [2.05, 4.69) is 18.8 Å². The Balaban J connectivity index is 2.39. The van der Waals surface area contributed by atoms with Gasteiger partial charge in [-0.2, -0.15) is 0 Å². The van der Waals surface area contributed by atoms with Crippen LogP contribution in [0, 0.1) is 0 Å². The largest absolute Gasteiger partial charge is 0.464 e. The van der Waals surface area contributed by atoms with Crippen LogP contribution in [0.5, 0.6) is 0 Å². The van der Waals surface area contributed by atoms with E-state index in [-0.39, 0.29) is 12.6 Å². The molecule has 1 aliphatic rings. The average molecular weight is 311 g/mol. The van der Waals surface area contributed by atoms with E-state index in [1.807, 2.05) is 0 Å².